The van der Waals surface area contributed by atoms with Gasteiger partial charge in [-0.1, -0.05) is 23.7 Å². The number of ether oxygens (including phenoxy) is 2. The van der Waals surface area contributed by atoms with Gasteiger partial charge in [-0.25, -0.2) is 4.79 Å². The molecule has 0 unspecified atom stereocenters. The number of benzene rings is 1. The fourth-order valence-corrected chi connectivity index (χ4v) is 2.07. The van der Waals surface area contributed by atoms with E-state index in [0.717, 1.165) is 5.39 Å². The Kier molecular flexibility index (Phi) is 5.08. The van der Waals surface area contributed by atoms with E-state index in [-0.39, 0.29) is 0 Å². The molecule has 2 rings (SSSR count). The van der Waals surface area contributed by atoms with Crippen molar-refractivity contribution in [2.24, 2.45) is 0 Å². The average molecular weight is 323 g/mol. The third-order valence-corrected chi connectivity index (χ3v) is 3.04. The van der Waals surface area contributed by atoms with Crippen LogP contribution in [0.25, 0.3) is 10.9 Å². The number of amides is 1. The normalized spacial score (nSPS) is 11.3. The number of hydrogen-bond donors (Lipinski definition) is 1. The maximum Gasteiger partial charge on any atom is 0.407 e. The minimum absolute atomic E-state index is 0.312. The summed E-state index contributed by atoms with van der Waals surface area (Å²) in [5.41, 5.74) is 0.189. The molecule has 0 saturated carbocycles. The summed E-state index contributed by atoms with van der Waals surface area (Å²) in [7, 11) is 0. The predicted molar refractivity (Wildman–Crippen MR) is 86.5 cm³/mol. The molecular formula is C16H19ClN2O3. The number of alkyl carbamates (subject to hydrolysis) is 1. The molecule has 2 aromatic rings. The zero-order valence-electron chi connectivity index (χ0n) is 12.9. The van der Waals surface area contributed by atoms with E-state index in [1.54, 1.807) is 12.3 Å². The van der Waals surface area contributed by atoms with Crippen LogP contribution in [0.2, 0.25) is 5.02 Å². The van der Waals surface area contributed by atoms with Crippen LogP contribution < -0.4 is 10.1 Å². The van der Waals surface area contributed by atoms with E-state index >= 15 is 0 Å². The number of fused-ring (bicyclic) bond motifs is 1. The number of aromatic nitrogens is 1. The van der Waals surface area contributed by atoms with Gasteiger partial charge in [-0.2, -0.15) is 0 Å². The molecule has 5 nitrogen and oxygen atoms in total. The van der Waals surface area contributed by atoms with E-state index in [4.69, 9.17) is 21.1 Å². The summed E-state index contributed by atoms with van der Waals surface area (Å²) < 4.78 is 10.8. The Hall–Kier alpha value is -2.01. The van der Waals surface area contributed by atoms with Gasteiger partial charge in [-0.3, -0.25) is 4.98 Å². The topological polar surface area (TPSA) is 60.5 Å². The minimum Gasteiger partial charge on any atom is -0.489 e. The molecule has 0 aliphatic rings. The third-order valence-electron chi connectivity index (χ3n) is 2.71. The molecule has 22 heavy (non-hydrogen) atoms. The van der Waals surface area contributed by atoms with Gasteiger partial charge in [0.05, 0.1) is 11.6 Å². The zero-order valence-corrected chi connectivity index (χ0v) is 13.6. The number of nitrogens with one attached hydrogen (secondary N) is 1. The third kappa shape index (κ3) is 4.49. The number of nitrogens with zero attached hydrogens (tertiary/aromatic N) is 1. The SMILES string of the molecule is CC(C)(C)OC(=O)NCCOc1cccc2c(Cl)ccnc12. The van der Waals surface area contributed by atoms with Crippen LogP contribution in [-0.2, 0) is 4.74 Å². The smallest absolute Gasteiger partial charge is 0.407 e. The summed E-state index contributed by atoms with van der Waals surface area (Å²) in [5, 5.41) is 4.10. The first-order chi connectivity index (χ1) is 10.4. The molecule has 0 atom stereocenters. The Bertz CT molecular complexity index is 668. The van der Waals surface area contributed by atoms with Crippen LogP contribution in [0.3, 0.4) is 0 Å². The molecule has 0 radical (unpaired) electrons. The summed E-state index contributed by atoms with van der Waals surface area (Å²) in [6.45, 7) is 6.09. The van der Waals surface area contributed by atoms with Crippen molar-refractivity contribution in [3.05, 3.63) is 35.5 Å². The molecular weight excluding hydrogens is 304 g/mol. The first-order valence-corrected chi connectivity index (χ1v) is 7.37. The molecule has 118 valence electrons. The van der Waals surface area contributed by atoms with Crippen LogP contribution in [0.5, 0.6) is 5.75 Å². The second-order valence-corrected chi connectivity index (χ2v) is 6.13. The molecule has 1 amide bonds. The van der Waals surface area contributed by atoms with Crippen LogP contribution in [0.15, 0.2) is 30.5 Å². The van der Waals surface area contributed by atoms with E-state index in [0.29, 0.717) is 29.4 Å². The number of rotatable bonds is 4. The molecule has 0 bridgehead atoms. The van der Waals surface area contributed by atoms with E-state index in [9.17, 15) is 4.79 Å². The van der Waals surface area contributed by atoms with Crippen LogP contribution >= 0.6 is 11.6 Å². The molecule has 0 saturated heterocycles. The van der Waals surface area contributed by atoms with Gasteiger partial charge >= 0.3 is 6.09 Å². The van der Waals surface area contributed by atoms with Gasteiger partial charge in [0.25, 0.3) is 0 Å². The van der Waals surface area contributed by atoms with Crippen LogP contribution in [0, 0.1) is 0 Å². The largest absolute Gasteiger partial charge is 0.489 e. The molecule has 1 heterocycles. The van der Waals surface area contributed by atoms with Gasteiger partial charge in [-0.05, 0) is 32.9 Å². The van der Waals surface area contributed by atoms with Gasteiger partial charge in [0.2, 0.25) is 0 Å². The summed E-state index contributed by atoms with van der Waals surface area (Å²) in [4.78, 5) is 15.8. The molecule has 1 aromatic carbocycles. The van der Waals surface area contributed by atoms with Gasteiger partial charge in [0.15, 0.2) is 0 Å². The molecule has 0 fully saturated rings. The summed E-state index contributed by atoms with van der Waals surface area (Å²) in [5.74, 6) is 0.631. The number of carbonyl (C=O) groups excluding carboxylic acids is 1. The molecule has 0 aliphatic carbocycles. The highest BCUT2D eigenvalue weighted by atomic mass is 35.5. The number of pyridine rings is 1. The highest BCUT2D eigenvalue weighted by Crippen LogP contribution is 2.28. The lowest BCUT2D eigenvalue weighted by Crippen LogP contribution is -2.34. The Morgan fingerprint density at radius 3 is 2.82 bits per heavy atom. The van der Waals surface area contributed by atoms with E-state index in [2.05, 4.69) is 10.3 Å². The van der Waals surface area contributed by atoms with Crippen LogP contribution in [0.1, 0.15) is 20.8 Å². The summed E-state index contributed by atoms with van der Waals surface area (Å²) in [6, 6.07) is 7.29. The Morgan fingerprint density at radius 2 is 2.09 bits per heavy atom. The quantitative estimate of drug-likeness (QED) is 0.870. The van der Waals surface area contributed by atoms with Crippen molar-refractivity contribution in [2.75, 3.05) is 13.2 Å². The monoisotopic (exact) mass is 322 g/mol. The number of carbonyl (C=O) groups is 1. The van der Waals surface area contributed by atoms with E-state index in [1.165, 1.54) is 0 Å². The van der Waals surface area contributed by atoms with Crippen LogP contribution in [-0.4, -0.2) is 29.8 Å². The lowest BCUT2D eigenvalue weighted by Gasteiger charge is -2.19. The molecule has 0 spiro atoms. The first kappa shape index (κ1) is 16.4. The van der Waals surface area contributed by atoms with Crippen molar-refractivity contribution >= 4 is 28.6 Å². The Labute approximate surface area is 134 Å². The van der Waals surface area contributed by atoms with Crippen molar-refractivity contribution in [1.82, 2.24) is 10.3 Å². The van der Waals surface area contributed by atoms with Crippen molar-refractivity contribution in [2.45, 2.75) is 26.4 Å². The maximum atomic E-state index is 11.5. The number of para-hydroxylation sites is 1. The number of hydrogen-bond acceptors (Lipinski definition) is 4. The average Bonchev–Trinajstić information content (AvgIpc) is 2.42. The standard InChI is InChI=1S/C16H19ClN2O3/c1-16(2,3)22-15(20)19-9-10-21-13-6-4-5-11-12(17)7-8-18-14(11)13/h4-8H,9-10H2,1-3H3,(H,19,20). The molecule has 6 heteroatoms. The summed E-state index contributed by atoms with van der Waals surface area (Å²) >= 11 is 6.12. The Morgan fingerprint density at radius 1 is 1.32 bits per heavy atom. The molecule has 1 aromatic heterocycles. The first-order valence-electron chi connectivity index (χ1n) is 7.00. The summed E-state index contributed by atoms with van der Waals surface area (Å²) in [6.07, 6.45) is 1.17. The lowest BCUT2D eigenvalue weighted by molar-refractivity contribution is 0.0520. The Balaban J connectivity index is 1.91. The minimum atomic E-state index is -0.513. The fourth-order valence-electron chi connectivity index (χ4n) is 1.86. The maximum absolute atomic E-state index is 11.5. The molecule has 1 N–H and O–H groups in total. The van der Waals surface area contributed by atoms with Gasteiger partial charge in [-0.15, -0.1) is 0 Å². The van der Waals surface area contributed by atoms with Gasteiger partial charge in [0.1, 0.15) is 23.5 Å². The fraction of sp³-hybridized carbons (Fsp3) is 0.375. The number of halogens is 1. The van der Waals surface area contributed by atoms with E-state index in [1.807, 2.05) is 39.0 Å². The second-order valence-electron chi connectivity index (χ2n) is 5.72. The van der Waals surface area contributed by atoms with Gasteiger partial charge in [0, 0.05) is 11.6 Å². The van der Waals surface area contributed by atoms with Crippen LogP contribution in [0.4, 0.5) is 4.79 Å². The van der Waals surface area contributed by atoms with Gasteiger partial charge < -0.3 is 14.8 Å². The zero-order chi connectivity index (χ0) is 16.2. The van der Waals surface area contributed by atoms with E-state index < -0.39 is 11.7 Å². The highest BCUT2D eigenvalue weighted by Gasteiger charge is 2.15. The second kappa shape index (κ2) is 6.83. The van der Waals surface area contributed by atoms with Crippen molar-refractivity contribution < 1.29 is 14.3 Å². The van der Waals surface area contributed by atoms with Crippen molar-refractivity contribution in [3.63, 3.8) is 0 Å². The lowest BCUT2D eigenvalue weighted by atomic mass is 10.2. The van der Waals surface area contributed by atoms with Crippen molar-refractivity contribution in [1.29, 1.82) is 0 Å². The predicted octanol–water partition coefficient (Wildman–Crippen LogP) is 3.79. The van der Waals surface area contributed by atoms with Crippen molar-refractivity contribution in [3.8, 4) is 5.75 Å². The highest BCUT2D eigenvalue weighted by molar-refractivity contribution is 6.35. The molecule has 0 aliphatic heterocycles.